The van der Waals surface area contributed by atoms with Crippen molar-refractivity contribution in [1.29, 1.82) is 0 Å². The van der Waals surface area contributed by atoms with Crippen molar-refractivity contribution in [3.63, 3.8) is 0 Å². The van der Waals surface area contributed by atoms with Gasteiger partial charge < -0.3 is 25.3 Å². The molecule has 172 valence electrons. The third-order valence-corrected chi connectivity index (χ3v) is 6.25. The summed E-state index contributed by atoms with van der Waals surface area (Å²) in [6, 6.07) is 4.15. The average Bonchev–Trinajstić information content (AvgIpc) is 3.08. The summed E-state index contributed by atoms with van der Waals surface area (Å²) in [4.78, 5) is 44.2. The first-order valence-electron chi connectivity index (χ1n) is 11.3. The monoisotopic (exact) mass is 440 g/mol. The Balaban J connectivity index is 1.73. The molecule has 0 saturated carbocycles. The minimum Gasteiger partial charge on any atom is -0.497 e. The van der Waals surface area contributed by atoms with Crippen molar-refractivity contribution < 1.29 is 19.1 Å². The van der Waals surface area contributed by atoms with E-state index in [9.17, 15) is 14.4 Å². The van der Waals surface area contributed by atoms with Crippen LogP contribution in [0, 0.1) is 5.92 Å². The molecule has 1 aromatic heterocycles. The van der Waals surface area contributed by atoms with E-state index in [2.05, 4.69) is 29.5 Å². The molecule has 3 atom stereocenters. The van der Waals surface area contributed by atoms with Crippen molar-refractivity contribution in [2.24, 2.45) is 5.92 Å². The van der Waals surface area contributed by atoms with E-state index in [1.807, 2.05) is 32.0 Å². The first kappa shape index (κ1) is 22.2. The summed E-state index contributed by atoms with van der Waals surface area (Å²) < 4.78 is 5.37. The lowest BCUT2D eigenvalue weighted by atomic mass is 9.85. The number of hydrogen-bond donors (Lipinski definition) is 3. The number of carbonyl (C=O) groups excluding carboxylic acids is 3. The Morgan fingerprint density at radius 2 is 2.00 bits per heavy atom. The molecule has 3 heterocycles. The highest BCUT2D eigenvalue weighted by Crippen LogP contribution is 2.42. The Morgan fingerprint density at radius 1 is 1.25 bits per heavy atom. The van der Waals surface area contributed by atoms with Crippen molar-refractivity contribution >= 4 is 28.6 Å². The predicted molar refractivity (Wildman–Crippen MR) is 121 cm³/mol. The summed E-state index contributed by atoms with van der Waals surface area (Å²) in [5, 5.41) is 6.67. The SMILES string of the molecule is COc1ccc2c3c([nH]c2c1)[C@H](CC(C)C)N1C(=O)[C@H](CC(=O)NC(C)C)NC(=O)[C@@H]1C3. The minimum absolute atomic E-state index is 0.0285. The molecule has 2 aliphatic heterocycles. The number of methoxy groups -OCH3 is 1. The highest BCUT2D eigenvalue weighted by atomic mass is 16.5. The Bertz CT molecular complexity index is 1060. The maximum Gasteiger partial charge on any atom is 0.246 e. The Kier molecular flexibility index (Phi) is 5.88. The highest BCUT2D eigenvalue weighted by molar-refractivity contribution is 6.01. The molecule has 8 heteroatoms. The summed E-state index contributed by atoms with van der Waals surface area (Å²) in [6.45, 7) is 7.95. The molecular weight excluding hydrogens is 408 g/mol. The van der Waals surface area contributed by atoms with Gasteiger partial charge in [-0.05, 0) is 43.9 Å². The maximum absolute atomic E-state index is 13.5. The van der Waals surface area contributed by atoms with Crippen LogP contribution in [0.15, 0.2) is 18.2 Å². The molecule has 0 bridgehead atoms. The second-order valence-corrected chi connectivity index (χ2v) is 9.53. The smallest absolute Gasteiger partial charge is 0.246 e. The minimum atomic E-state index is -0.849. The van der Waals surface area contributed by atoms with Crippen LogP contribution in [0.2, 0.25) is 0 Å². The summed E-state index contributed by atoms with van der Waals surface area (Å²) in [6.07, 6.45) is 1.10. The lowest BCUT2D eigenvalue weighted by Gasteiger charge is -2.46. The first-order chi connectivity index (χ1) is 15.2. The van der Waals surface area contributed by atoms with Crippen LogP contribution in [0.25, 0.3) is 10.9 Å². The van der Waals surface area contributed by atoms with Gasteiger partial charge in [-0.15, -0.1) is 0 Å². The number of carbonyl (C=O) groups is 3. The first-order valence-corrected chi connectivity index (χ1v) is 11.3. The normalized spacial score (nSPS) is 22.7. The molecule has 1 fully saturated rings. The number of benzene rings is 1. The number of amides is 3. The van der Waals surface area contributed by atoms with Gasteiger partial charge in [0, 0.05) is 35.1 Å². The number of ether oxygens (including phenoxy) is 1. The van der Waals surface area contributed by atoms with E-state index in [1.165, 1.54) is 0 Å². The number of nitrogens with zero attached hydrogens (tertiary/aromatic N) is 1. The lowest BCUT2D eigenvalue weighted by Crippen LogP contribution is -2.66. The second-order valence-electron chi connectivity index (χ2n) is 9.53. The molecular formula is C24H32N4O4. The zero-order valence-corrected chi connectivity index (χ0v) is 19.3. The van der Waals surface area contributed by atoms with E-state index in [4.69, 9.17) is 4.74 Å². The number of aromatic amines is 1. The number of hydrogen-bond acceptors (Lipinski definition) is 4. The summed E-state index contributed by atoms with van der Waals surface area (Å²) in [7, 11) is 1.63. The zero-order valence-electron chi connectivity index (χ0n) is 19.3. The largest absolute Gasteiger partial charge is 0.497 e. The van der Waals surface area contributed by atoms with E-state index in [1.54, 1.807) is 12.0 Å². The third kappa shape index (κ3) is 3.94. The van der Waals surface area contributed by atoms with E-state index < -0.39 is 12.1 Å². The predicted octanol–water partition coefficient (Wildman–Crippen LogP) is 2.43. The van der Waals surface area contributed by atoms with Gasteiger partial charge in [-0.1, -0.05) is 13.8 Å². The van der Waals surface area contributed by atoms with Gasteiger partial charge in [-0.25, -0.2) is 0 Å². The molecule has 1 aromatic carbocycles. The molecule has 1 saturated heterocycles. The molecule has 0 spiro atoms. The Labute approximate surface area is 188 Å². The van der Waals surface area contributed by atoms with E-state index >= 15 is 0 Å². The van der Waals surface area contributed by atoms with Gasteiger partial charge in [0.1, 0.15) is 17.8 Å². The highest BCUT2D eigenvalue weighted by Gasteiger charge is 2.48. The van der Waals surface area contributed by atoms with E-state index in [0.29, 0.717) is 12.3 Å². The van der Waals surface area contributed by atoms with Gasteiger partial charge in [0.15, 0.2) is 0 Å². The molecule has 0 unspecified atom stereocenters. The lowest BCUT2D eigenvalue weighted by molar-refractivity contribution is -0.154. The van der Waals surface area contributed by atoms with Gasteiger partial charge in [0.2, 0.25) is 17.7 Å². The van der Waals surface area contributed by atoms with E-state index in [0.717, 1.165) is 34.3 Å². The molecule has 3 amide bonds. The summed E-state index contributed by atoms with van der Waals surface area (Å²) in [5.41, 5.74) is 2.99. The molecule has 32 heavy (non-hydrogen) atoms. The Hall–Kier alpha value is -3.03. The molecule has 2 aromatic rings. The fourth-order valence-corrected chi connectivity index (χ4v) is 4.95. The van der Waals surface area contributed by atoms with Crippen molar-refractivity contribution in [3.05, 3.63) is 29.5 Å². The van der Waals surface area contributed by atoms with Crippen LogP contribution in [-0.2, 0) is 20.8 Å². The molecule has 2 aliphatic rings. The van der Waals surface area contributed by atoms with Crippen LogP contribution in [0.5, 0.6) is 5.75 Å². The summed E-state index contributed by atoms with van der Waals surface area (Å²) in [5.74, 6) is 0.426. The van der Waals surface area contributed by atoms with Crippen LogP contribution in [-0.4, -0.2) is 52.8 Å². The molecule has 3 N–H and O–H groups in total. The molecule has 4 rings (SSSR count). The van der Waals surface area contributed by atoms with Crippen LogP contribution < -0.4 is 15.4 Å². The van der Waals surface area contributed by atoms with Gasteiger partial charge in [0.05, 0.1) is 19.6 Å². The number of piperazine rings is 1. The zero-order chi connectivity index (χ0) is 23.2. The number of aromatic nitrogens is 1. The second kappa shape index (κ2) is 8.48. The van der Waals surface area contributed by atoms with Crippen molar-refractivity contribution in [1.82, 2.24) is 20.5 Å². The van der Waals surface area contributed by atoms with Gasteiger partial charge in [0.25, 0.3) is 0 Å². The van der Waals surface area contributed by atoms with Crippen LogP contribution in [0.3, 0.4) is 0 Å². The number of H-pyrrole nitrogens is 1. The van der Waals surface area contributed by atoms with Gasteiger partial charge >= 0.3 is 0 Å². The van der Waals surface area contributed by atoms with Crippen LogP contribution in [0.1, 0.15) is 57.8 Å². The standard InChI is InChI=1S/C24H32N4O4/c1-12(2)8-19-22-16(15-7-6-14(32-5)9-17(15)26-22)10-20-23(30)27-18(24(31)28(19)20)11-21(29)25-13(3)4/h6-7,9,12-13,18-20,26H,8,10-11H2,1-5H3,(H,25,29)(H,27,30)/t18-,19-,20-/m0/s1. The Morgan fingerprint density at radius 3 is 2.66 bits per heavy atom. The third-order valence-electron chi connectivity index (χ3n) is 6.25. The van der Waals surface area contributed by atoms with Crippen LogP contribution in [0.4, 0.5) is 0 Å². The van der Waals surface area contributed by atoms with Crippen LogP contribution >= 0.6 is 0 Å². The van der Waals surface area contributed by atoms with Crippen molar-refractivity contribution in [2.45, 2.75) is 71.1 Å². The van der Waals surface area contributed by atoms with Crippen molar-refractivity contribution in [2.75, 3.05) is 7.11 Å². The number of fused-ring (bicyclic) bond motifs is 4. The number of rotatable bonds is 6. The topological polar surface area (TPSA) is 104 Å². The van der Waals surface area contributed by atoms with Gasteiger partial charge in [-0.3, -0.25) is 14.4 Å². The average molecular weight is 441 g/mol. The molecule has 0 radical (unpaired) electrons. The quantitative estimate of drug-likeness (QED) is 0.642. The maximum atomic E-state index is 13.5. The molecule has 8 nitrogen and oxygen atoms in total. The van der Waals surface area contributed by atoms with Crippen molar-refractivity contribution in [3.8, 4) is 5.75 Å². The van der Waals surface area contributed by atoms with E-state index in [-0.39, 0.29) is 36.2 Å². The fourth-order valence-electron chi connectivity index (χ4n) is 4.95. The van der Waals surface area contributed by atoms with Gasteiger partial charge in [-0.2, -0.15) is 0 Å². The summed E-state index contributed by atoms with van der Waals surface area (Å²) >= 11 is 0. The fraction of sp³-hybridized carbons (Fsp3) is 0.542. The number of nitrogens with one attached hydrogen (secondary N) is 3. The molecule has 0 aliphatic carbocycles.